The SMILES string of the molecule is CCOc1ncc(Nc2cc(C(CC)CC(=O)O)ccc2[C@H](CC)N2CCOCC2)cn1. The van der Waals surface area contributed by atoms with Crippen molar-refractivity contribution in [3.8, 4) is 6.01 Å². The first kappa shape index (κ1) is 23.9. The Kier molecular flexibility index (Phi) is 8.81. The molecule has 1 aliphatic heterocycles. The minimum Gasteiger partial charge on any atom is -0.481 e. The summed E-state index contributed by atoms with van der Waals surface area (Å²) in [7, 11) is 0. The normalized spacial score (nSPS) is 16.3. The summed E-state index contributed by atoms with van der Waals surface area (Å²) in [5, 5.41) is 12.8. The van der Waals surface area contributed by atoms with Gasteiger partial charge in [0, 0.05) is 24.8 Å². The van der Waals surface area contributed by atoms with Gasteiger partial charge >= 0.3 is 12.0 Å². The van der Waals surface area contributed by atoms with Gasteiger partial charge in [-0.05, 0) is 42.9 Å². The van der Waals surface area contributed by atoms with Gasteiger partial charge in [0.25, 0.3) is 0 Å². The monoisotopic (exact) mass is 442 g/mol. The van der Waals surface area contributed by atoms with Gasteiger partial charge in [-0.15, -0.1) is 0 Å². The molecular formula is C24H34N4O4. The molecule has 32 heavy (non-hydrogen) atoms. The van der Waals surface area contributed by atoms with Crippen molar-refractivity contribution in [1.29, 1.82) is 0 Å². The fourth-order valence-electron chi connectivity index (χ4n) is 4.24. The predicted molar refractivity (Wildman–Crippen MR) is 124 cm³/mol. The topological polar surface area (TPSA) is 96.8 Å². The Morgan fingerprint density at radius 2 is 1.91 bits per heavy atom. The second-order valence-electron chi connectivity index (χ2n) is 7.93. The van der Waals surface area contributed by atoms with Crippen molar-refractivity contribution in [1.82, 2.24) is 14.9 Å². The number of anilines is 2. The molecule has 1 aromatic carbocycles. The Labute approximate surface area is 190 Å². The van der Waals surface area contributed by atoms with E-state index in [2.05, 4.69) is 45.3 Å². The Morgan fingerprint density at radius 3 is 2.50 bits per heavy atom. The number of aromatic nitrogens is 2. The van der Waals surface area contributed by atoms with Crippen LogP contribution in [0.1, 0.15) is 63.1 Å². The highest BCUT2D eigenvalue weighted by atomic mass is 16.5. The molecule has 1 fully saturated rings. The molecule has 1 saturated heterocycles. The molecule has 0 bridgehead atoms. The van der Waals surface area contributed by atoms with Crippen LogP contribution in [0.5, 0.6) is 6.01 Å². The number of hydrogen-bond acceptors (Lipinski definition) is 7. The quantitative estimate of drug-likeness (QED) is 0.529. The lowest BCUT2D eigenvalue weighted by atomic mass is 9.90. The number of benzene rings is 1. The van der Waals surface area contributed by atoms with Crippen LogP contribution in [0.2, 0.25) is 0 Å². The molecule has 1 unspecified atom stereocenters. The predicted octanol–water partition coefficient (Wildman–Crippen LogP) is 4.37. The number of aliphatic carboxylic acids is 1. The molecule has 2 N–H and O–H groups in total. The third kappa shape index (κ3) is 6.17. The number of rotatable bonds is 11. The molecule has 1 aliphatic rings. The summed E-state index contributed by atoms with van der Waals surface area (Å²) in [6.07, 6.45) is 5.25. The molecule has 2 heterocycles. The summed E-state index contributed by atoms with van der Waals surface area (Å²) >= 11 is 0. The molecule has 174 valence electrons. The molecule has 1 aromatic heterocycles. The summed E-state index contributed by atoms with van der Waals surface area (Å²) in [5.41, 5.74) is 3.91. The van der Waals surface area contributed by atoms with Crippen LogP contribution in [0.15, 0.2) is 30.6 Å². The Hall–Kier alpha value is -2.71. The fraction of sp³-hybridized carbons (Fsp3) is 0.542. The van der Waals surface area contributed by atoms with Gasteiger partial charge in [-0.3, -0.25) is 9.69 Å². The van der Waals surface area contributed by atoms with Gasteiger partial charge in [-0.2, -0.15) is 0 Å². The second-order valence-corrected chi connectivity index (χ2v) is 7.93. The lowest BCUT2D eigenvalue weighted by molar-refractivity contribution is -0.137. The van der Waals surface area contributed by atoms with Gasteiger partial charge in [0.2, 0.25) is 0 Å². The third-order valence-electron chi connectivity index (χ3n) is 5.88. The first-order valence-corrected chi connectivity index (χ1v) is 11.4. The van der Waals surface area contributed by atoms with Crippen molar-refractivity contribution in [2.45, 2.75) is 52.0 Å². The van der Waals surface area contributed by atoms with E-state index in [0.717, 1.165) is 56.1 Å². The lowest BCUT2D eigenvalue weighted by Crippen LogP contribution is -2.39. The van der Waals surface area contributed by atoms with Crippen molar-refractivity contribution in [2.24, 2.45) is 0 Å². The van der Waals surface area contributed by atoms with Crippen LogP contribution >= 0.6 is 0 Å². The smallest absolute Gasteiger partial charge is 0.316 e. The van der Waals surface area contributed by atoms with Crippen LogP contribution < -0.4 is 10.1 Å². The van der Waals surface area contributed by atoms with Crippen molar-refractivity contribution in [3.05, 3.63) is 41.7 Å². The van der Waals surface area contributed by atoms with Gasteiger partial charge in [0.1, 0.15) is 0 Å². The average molecular weight is 443 g/mol. The van der Waals surface area contributed by atoms with Crippen LogP contribution in [-0.4, -0.2) is 58.9 Å². The van der Waals surface area contributed by atoms with Crippen LogP contribution in [-0.2, 0) is 9.53 Å². The average Bonchev–Trinajstić information content (AvgIpc) is 2.81. The maximum Gasteiger partial charge on any atom is 0.316 e. The van der Waals surface area contributed by atoms with Gasteiger partial charge in [0.05, 0.1) is 44.3 Å². The molecule has 0 saturated carbocycles. The maximum atomic E-state index is 11.4. The Morgan fingerprint density at radius 1 is 1.19 bits per heavy atom. The van der Waals surface area contributed by atoms with Crippen LogP contribution in [0, 0.1) is 0 Å². The lowest BCUT2D eigenvalue weighted by Gasteiger charge is -2.35. The van der Waals surface area contributed by atoms with Crippen molar-refractivity contribution >= 4 is 17.3 Å². The van der Waals surface area contributed by atoms with Crippen LogP contribution in [0.3, 0.4) is 0 Å². The minimum absolute atomic E-state index is 0.0397. The van der Waals surface area contributed by atoms with Gasteiger partial charge in [-0.1, -0.05) is 26.0 Å². The Bertz CT molecular complexity index is 869. The van der Waals surface area contributed by atoms with Crippen LogP contribution in [0.4, 0.5) is 11.4 Å². The van der Waals surface area contributed by atoms with Crippen molar-refractivity contribution < 1.29 is 19.4 Å². The maximum absolute atomic E-state index is 11.4. The van der Waals surface area contributed by atoms with Crippen LogP contribution in [0.25, 0.3) is 0 Å². The van der Waals surface area contributed by atoms with E-state index < -0.39 is 5.97 Å². The fourth-order valence-corrected chi connectivity index (χ4v) is 4.24. The summed E-state index contributed by atoms with van der Waals surface area (Å²) in [5.74, 6) is -0.822. The number of morpholine rings is 1. The highest BCUT2D eigenvalue weighted by Gasteiger charge is 2.25. The molecular weight excluding hydrogens is 408 g/mol. The van der Waals surface area contributed by atoms with Gasteiger partial charge in [-0.25, -0.2) is 9.97 Å². The van der Waals surface area contributed by atoms with E-state index >= 15 is 0 Å². The summed E-state index contributed by atoms with van der Waals surface area (Å²) in [6, 6.07) is 6.89. The molecule has 0 radical (unpaired) electrons. The van der Waals surface area contributed by atoms with E-state index in [9.17, 15) is 9.90 Å². The molecule has 8 nitrogen and oxygen atoms in total. The minimum atomic E-state index is -0.782. The van der Waals surface area contributed by atoms with Gasteiger partial charge in [0.15, 0.2) is 0 Å². The number of carbonyl (C=O) groups is 1. The Balaban J connectivity index is 1.96. The molecule has 0 aliphatic carbocycles. The van der Waals surface area contributed by atoms with E-state index in [-0.39, 0.29) is 18.4 Å². The number of hydrogen-bond donors (Lipinski definition) is 2. The number of ether oxygens (including phenoxy) is 2. The zero-order valence-corrected chi connectivity index (χ0v) is 19.2. The number of carboxylic acid groups (broad SMARTS) is 1. The highest BCUT2D eigenvalue weighted by molar-refractivity contribution is 5.69. The number of carboxylic acids is 1. The van der Waals surface area contributed by atoms with Crippen molar-refractivity contribution in [2.75, 3.05) is 38.2 Å². The zero-order chi connectivity index (χ0) is 22.9. The highest BCUT2D eigenvalue weighted by Crippen LogP contribution is 2.36. The first-order chi connectivity index (χ1) is 15.5. The second kappa shape index (κ2) is 11.8. The van der Waals surface area contributed by atoms with E-state index in [0.29, 0.717) is 12.6 Å². The molecule has 0 spiro atoms. The number of nitrogens with one attached hydrogen (secondary N) is 1. The largest absolute Gasteiger partial charge is 0.481 e. The third-order valence-corrected chi connectivity index (χ3v) is 5.88. The number of nitrogens with zero attached hydrogens (tertiary/aromatic N) is 3. The molecule has 2 aromatic rings. The summed E-state index contributed by atoms with van der Waals surface area (Å²) in [4.78, 5) is 22.3. The summed E-state index contributed by atoms with van der Waals surface area (Å²) in [6.45, 7) is 9.88. The molecule has 2 atom stereocenters. The van der Waals surface area contributed by atoms with E-state index in [1.165, 1.54) is 5.56 Å². The molecule has 3 rings (SSSR count). The first-order valence-electron chi connectivity index (χ1n) is 11.4. The molecule has 0 amide bonds. The summed E-state index contributed by atoms with van der Waals surface area (Å²) < 4.78 is 10.9. The van der Waals surface area contributed by atoms with E-state index in [1.807, 2.05) is 13.8 Å². The van der Waals surface area contributed by atoms with E-state index in [1.54, 1.807) is 12.4 Å². The molecule has 8 heteroatoms. The van der Waals surface area contributed by atoms with Gasteiger partial charge < -0.3 is 19.9 Å². The van der Waals surface area contributed by atoms with Crippen molar-refractivity contribution in [3.63, 3.8) is 0 Å². The standard InChI is InChI=1S/C24H34N4O4/c1-4-17(14-23(29)30)18-7-8-20(22(5-2)28-9-11-31-12-10-28)21(13-18)27-19-15-25-24(26-16-19)32-6-3/h7-8,13,15-17,22,27H,4-6,9-12,14H2,1-3H3,(H,29,30)/t17?,22-/m0/s1. The zero-order valence-electron chi connectivity index (χ0n) is 19.2. The van der Waals surface area contributed by atoms with E-state index in [4.69, 9.17) is 9.47 Å².